The molecule has 0 N–H and O–H groups in total. The second kappa shape index (κ2) is 9.69. The third kappa shape index (κ3) is 6.43. The smallest absolute Gasteiger partial charge is 0.333 e. The van der Waals surface area contributed by atoms with Crippen molar-refractivity contribution in [2.75, 3.05) is 6.61 Å². The Hall–Kier alpha value is -1.31. The molecule has 1 aliphatic rings. The minimum atomic E-state index is -0.126. The maximum absolute atomic E-state index is 11.8. The highest BCUT2D eigenvalue weighted by molar-refractivity contribution is 5.88. The third-order valence-electron chi connectivity index (χ3n) is 2.95. The molecule has 100 valence electrons. The Labute approximate surface area is 110 Å². The van der Waals surface area contributed by atoms with Crippen molar-refractivity contribution >= 4 is 5.97 Å². The molecule has 0 unspecified atom stereocenters. The second-order valence-corrected chi connectivity index (χ2v) is 4.48. The van der Waals surface area contributed by atoms with E-state index in [0.29, 0.717) is 6.61 Å². The van der Waals surface area contributed by atoms with E-state index >= 15 is 0 Å². The van der Waals surface area contributed by atoms with Gasteiger partial charge in [-0.15, -0.1) is 0 Å². The summed E-state index contributed by atoms with van der Waals surface area (Å²) >= 11 is 0. The van der Waals surface area contributed by atoms with Crippen LogP contribution in [0.15, 0.2) is 36.0 Å². The van der Waals surface area contributed by atoms with Gasteiger partial charge in [-0.3, -0.25) is 0 Å². The minimum Gasteiger partial charge on any atom is -0.463 e. The van der Waals surface area contributed by atoms with Crippen LogP contribution in [0.5, 0.6) is 0 Å². The first kappa shape index (κ1) is 14.7. The lowest BCUT2D eigenvalue weighted by Gasteiger charge is -2.06. The lowest BCUT2D eigenvalue weighted by Crippen LogP contribution is -2.08. The van der Waals surface area contributed by atoms with Gasteiger partial charge < -0.3 is 4.74 Å². The van der Waals surface area contributed by atoms with Crippen molar-refractivity contribution in [1.82, 2.24) is 0 Å². The van der Waals surface area contributed by atoms with Crippen molar-refractivity contribution in [3.63, 3.8) is 0 Å². The van der Waals surface area contributed by atoms with E-state index in [1.54, 1.807) is 0 Å². The molecule has 0 heterocycles. The molecule has 1 rings (SSSR count). The molecule has 2 heteroatoms. The van der Waals surface area contributed by atoms with Gasteiger partial charge in [0.1, 0.15) is 0 Å². The van der Waals surface area contributed by atoms with Crippen molar-refractivity contribution < 1.29 is 9.53 Å². The molecule has 0 amide bonds. The van der Waals surface area contributed by atoms with Gasteiger partial charge in [-0.2, -0.15) is 0 Å². The van der Waals surface area contributed by atoms with E-state index in [0.717, 1.165) is 50.5 Å². The Kier molecular flexibility index (Phi) is 7.94. The highest BCUT2D eigenvalue weighted by Crippen LogP contribution is 2.14. The lowest BCUT2D eigenvalue weighted by molar-refractivity contribution is -0.138. The molecule has 18 heavy (non-hydrogen) atoms. The van der Waals surface area contributed by atoms with Crippen LogP contribution in [0.4, 0.5) is 0 Å². The largest absolute Gasteiger partial charge is 0.463 e. The van der Waals surface area contributed by atoms with Crippen LogP contribution in [0.3, 0.4) is 0 Å². The fourth-order valence-electron chi connectivity index (χ4n) is 1.95. The van der Waals surface area contributed by atoms with E-state index in [4.69, 9.17) is 4.74 Å². The molecule has 0 aromatic rings. The molecule has 0 spiro atoms. The summed E-state index contributed by atoms with van der Waals surface area (Å²) in [7, 11) is 0. The molecular weight excluding hydrogens is 224 g/mol. The molecule has 0 aliphatic heterocycles. The van der Waals surface area contributed by atoms with Gasteiger partial charge in [-0.25, -0.2) is 4.79 Å². The molecule has 0 bridgehead atoms. The highest BCUT2D eigenvalue weighted by Gasteiger charge is 2.09. The maximum atomic E-state index is 11.8. The fraction of sp³-hybridized carbons (Fsp3) is 0.562. The third-order valence-corrected chi connectivity index (χ3v) is 2.95. The van der Waals surface area contributed by atoms with Crippen molar-refractivity contribution in [3.05, 3.63) is 36.0 Å². The number of ether oxygens (including phenoxy) is 1. The van der Waals surface area contributed by atoms with E-state index < -0.39 is 0 Å². The van der Waals surface area contributed by atoms with Crippen LogP contribution in [-0.4, -0.2) is 12.6 Å². The summed E-state index contributed by atoms with van der Waals surface area (Å²) in [6, 6.07) is 0. The zero-order chi connectivity index (χ0) is 13.1. The molecule has 0 atom stereocenters. The van der Waals surface area contributed by atoms with Crippen molar-refractivity contribution in [3.8, 4) is 0 Å². The van der Waals surface area contributed by atoms with Crippen LogP contribution >= 0.6 is 0 Å². The summed E-state index contributed by atoms with van der Waals surface area (Å²) in [6.07, 6.45) is 17.9. The molecule has 0 saturated heterocycles. The average Bonchev–Trinajstić information content (AvgIpc) is 2.39. The Balaban J connectivity index is 2.55. The van der Waals surface area contributed by atoms with Gasteiger partial charge >= 0.3 is 5.97 Å². The monoisotopic (exact) mass is 248 g/mol. The van der Waals surface area contributed by atoms with Gasteiger partial charge in [0.05, 0.1) is 6.61 Å². The van der Waals surface area contributed by atoms with Crippen molar-refractivity contribution in [2.45, 2.75) is 51.9 Å². The summed E-state index contributed by atoms with van der Waals surface area (Å²) in [5.41, 5.74) is 0.865. The Morgan fingerprint density at radius 3 is 2.56 bits per heavy atom. The number of esters is 1. The van der Waals surface area contributed by atoms with Gasteiger partial charge in [0.15, 0.2) is 0 Å². The second-order valence-electron chi connectivity index (χ2n) is 4.48. The Bertz CT molecular complexity index is 324. The van der Waals surface area contributed by atoms with Crippen LogP contribution in [0.1, 0.15) is 51.9 Å². The van der Waals surface area contributed by atoms with Crippen LogP contribution < -0.4 is 0 Å². The van der Waals surface area contributed by atoms with E-state index in [9.17, 15) is 4.79 Å². The summed E-state index contributed by atoms with van der Waals surface area (Å²) in [6.45, 7) is 2.31. The Morgan fingerprint density at radius 2 is 1.83 bits per heavy atom. The fourth-order valence-corrected chi connectivity index (χ4v) is 1.95. The molecule has 0 aromatic heterocycles. The summed E-state index contributed by atoms with van der Waals surface area (Å²) < 4.78 is 5.10. The van der Waals surface area contributed by atoms with Crippen LogP contribution in [0, 0.1) is 0 Å². The number of allylic oxidation sites excluding steroid dienone is 5. The normalized spacial score (nSPS) is 24.6. The van der Waals surface area contributed by atoms with E-state index in [1.807, 2.05) is 6.92 Å². The molecule has 2 nitrogen and oxygen atoms in total. The summed E-state index contributed by atoms with van der Waals surface area (Å²) in [4.78, 5) is 11.8. The summed E-state index contributed by atoms with van der Waals surface area (Å²) in [5, 5.41) is 0. The molecular formula is C16H24O2. The predicted octanol–water partition coefficient (Wildman–Crippen LogP) is 4.33. The zero-order valence-electron chi connectivity index (χ0n) is 11.4. The Morgan fingerprint density at radius 1 is 1.11 bits per heavy atom. The van der Waals surface area contributed by atoms with Gasteiger partial charge in [0.2, 0.25) is 0 Å². The van der Waals surface area contributed by atoms with Crippen LogP contribution in [-0.2, 0) is 9.53 Å². The first-order chi connectivity index (χ1) is 8.84. The molecule has 0 aromatic carbocycles. The van der Waals surface area contributed by atoms with Crippen LogP contribution in [0.25, 0.3) is 0 Å². The van der Waals surface area contributed by atoms with E-state index in [2.05, 4.69) is 30.4 Å². The number of rotatable bonds is 2. The van der Waals surface area contributed by atoms with E-state index in [-0.39, 0.29) is 5.97 Å². The molecule has 1 aliphatic carbocycles. The van der Waals surface area contributed by atoms with Gasteiger partial charge in [-0.05, 0) is 51.9 Å². The average molecular weight is 248 g/mol. The highest BCUT2D eigenvalue weighted by atomic mass is 16.5. The quantitative estimate of drug-likeness (QED) is 0.680. The predicted molar refractivity (Wildman–Crippen MR) is 75.3 cm³/mol. The van der Waals surface area contributed by atoms with Gasteiger partial charge in [-0.1, -0.05) is 30.4 Å². The summed E-state index contributed by atoms with van der Waals surface area (Å²) in [5.74, 6) is -0.126. The lowest BCUT2D eigenvalue weighted by atomic mass is 10.1. The maximum Gasteiger partial charge on any atom is 0.333 e. The number of hydrogen-bond donors (Lipinski definition) is 0. The molecule has 0 radical (unpaired) electrons. The molecule has 0 saturated carbocycles. The minimum absolute atomic E-state index is 0.126. The first-order valence-corrected chi connectivity index (χ1v) is 7.02. The van der Waals surface area contributed by atoms with Gasteiger partial charge in [0, 0.05) is 5.57 Å². The van der Waals surface area contributed by atoms with E-state index in [1.165, 1.54) is 0 Å². The standard InChI is InChI=1S/C16H24O2/c1-2-18-16(17)15-13-11-9-7-5-3-4-6-8-10-12-14-15/h3-6,13H,2,7-12,14H2,1H3/b5-3+,6-4-,15-13+. The first-order valence-electron chi connectivity index (χ1n) is 7.02. The zero-order valence-corrected chi connectivity index (χ0v) is 11.4. The number of carbonyl (C=O) groups is 1. The van der Waals surface area contributed by atoms with Crippen LogP contribution in [0.2, 0.25) is 0 Å². The SMILES string of the molecule is CCOC(=O)/C1=C/CCC/C=C/C=C\CCCC1. The van der Waals surface area contributed by atoms with Crippen molar-refractivity contribution in [1.29, 1.82) is 0 Å². The number of carbonyl (C=O) groups excluding carboxylic acids is 1. The van der Waals surface area contributed by atoms with Crippen molar-refractivity contribution in [2.24, 2.45) is 0 Å². The number of hydrogen-bond acceptors (Lipinski definition) is 2. The molecule has 0 fully saturated rings. The topological polar surface area (TPSA) is 26.3 Å². The van der Waals surface area contributed by atoms with Gasteiger partial charge in [0.25, 0.3) is 0 Å².